The standard InChI is InChI=1S/C12H21N3S/c1-4-10-6-5-8(2)15(10)12-14-7-11(16-12)9(3)13/h7-10H,4-6,13H2,1-3H3. The van der Waals surface area contributed by atoms with Gasteiger partial charge in [-0.05, 0) is 33.1 Å². The smallest absolute Gasteiger partial charge is 0.186 e. The monoisotopic (exact) mass is 239 g/mol. The highest BCUT2D eigenvalue weighted by Crippen LogP contribution is 2.35. The first-order chi connectivity index (χ1) is 7.63. The van der Waals surface area contributed by atoms with Gasteiger partial charge in [-0.2, -0.15) is 0 Å². The van der Waals surface area contributed by atoms with Crippen LogP contribution in [0.4, 0.5) is 5.13 Å². The predicted octanol–water partition coefficient (Wildman–Crippen LogP) is 2.93. The lowest BCUT2D eigenvalue weighted by Gasteiger charge is -2.27. The third-order valence-electron chi connectivity index (χ3n) is 3.44. The van der Waals surface area contributed by atoms with Gasteiger partial charge in [-0.1, -0.05) is 6.92 Å². The van der Waals surface area contributed by atoms with Crippen LogP contribution in [0.2, 0.25) is 0 Å². The molecule has 90 valence electrons. The van der Waals surface area contributed by atoms with Crippen LogP contribution in [0.15, 0.2) is 6.20 Å². The molecule has 4 heteroatoms. The van der Waals surface area contributed by atoms with E-state index in [1.54, 1.807) is 11.3 Å². The Morgan fingerprint density at radius 3 is 2.94 bits per heavy atom. The molecule has 3 unspecified atom stereocenters. The van der Waals surface area contributed by atoms with Gasteiger partial charge in [0.05, 0.1) is 0 Å². The number of rotatable bonds is 3. The molecule has 2 heterocycles. The first-order valence-electron chi connectivity index (χ1n) is 6.13. The van der Waals surface area contributed by atoms with E-state index in [1.807, 2.05) is 13.1 Å². The Morgan fingerprint density at radius 1 is 1.62 bits per heavy atom. The molecule has 3 atom stereocenters. The number of anilines is 1. The maximum absolute atomic E-state index is 5.88. The van der Waals surface area contributed by atoms with Crippen LogP contribution in [0.3, 0.4) is 0 Å². The molecule has 0 radical (unpaired) electrons. The minimum absolute atomic E-state index is 0.101. The SMILES string of the molecule is CCC1CCC(C)N1c1ncc(C(C)N)s1. The minimum atomic E-state index is 0.101. The lowest BCUT2D eigenvalue weighted by molar-refractivity contribution is 0.626. The zero-order valence-corrected chi connectivity index (χ0v) is 11.1. The quantitative estimate of drug-likeness (QED) is 0.882. The molecule has 3 nitrogen and oxygen atoms in total. The topological polar surface area (TPSA) is 42.2 Å². The summed E-state index contributed by atoms with van der Waals surface area (Å²) in [5, 5.41) is 1.16. The van der Waals surface area contributed by atoms with E-state index in [-0.39, 0.29) is 6.04 Å². The van der Waals surface area contributed by atoms with E-state index in [2.05, 4.69) is 23.7 Å². The number of hydrogen-bond acceptors (Lipinski definition) is 4. The van der Waals surface area contributed by atoms with Crippen LogP contribution in [0.5, 0.6) is 0 Å². The predicted molar refractivity (Wildman–Crippen MR) is 70.0 cm³/mol. The van der Waals surface area contributed by atoms with Gasteiger partial charge in [-0.3, -0.25) is 0 Å². The molecule has 0 saturated carbocycles. The molecule has 0 amide bonds. The summed E-state index contributed by atoms with van der Waals surface area (Å²) in [4.78, 5) is 8.20. The van der Waals surface area contributed by atoms with Crippen LogP contribution in [-0.2, 0) is 0 Å². The zero-order chi connectivity index (χ0) is 11.7. The van der Waals surface area contributed by atoms with E-state index in [0.717, 1.165) is 5.13 Å². The Balaban J connectivity index is 2.21. The Labute approximate surface area is 102 Å². The Bertz CT molecular complexity index is 348. The van der Waals surface area contributed by atoms with Crippen LogP contribution < -0.4 is 10.6 Å². The molecular formula is C12H21N3S. The maximum atomic E-state index is 5.88. The first-order valence-corrected chi connectivity index (χ1v) is 6.94. The van der Waals surface area contributed by atoms with Crippen molar-refractivity contribution >= 4 is 16.5 Å². The van der Waals surface area contributed by atoms with Crippen molar-refractivity contribution in [3.63, 3.8) is 0 Å². The Kier molecular flexibility index (Phi) is 3.50. The van der Waals surface area contributed by atoms with Gasteiger partial charge < -0.3 is 10.6 Å². The largest absolute Gasteiger partial charge is 0.342 e. The molecule has 1 aromatic rings. The molecule has 1 aliphatic heterocycles. The van der Waals surface area contributed by atoms with Gasteiger partial charge in [0.1, 0.15) is 0 Å². The molecule has 0 bridgehead atoms. The molecule has 1 saturated heterocycles. The fourth-order valence-electron chi connectivity index (χ4n) is 2.42. The van der Waals surface area contributed by atoms with E-state index in [0.29, 0.717) is 12.1 Å². The summed E-state index contributed by atoms with van der Waals surface area (Å²) in [6.07, 6.45) is 5.72. The van der Waals surface area contributed by atoms with Crippen LogP contribution in [0.1, 0.15) is 51.0 Å². The van der Waals surface area contributed by atoms with Crippen molar-refractivity contribution < 1.29 is 0 Å². The highest BCUT2D eigenvalue weighted by molar-refractivity contribution is 7.15. The summed E-state index contributed by atoms with van der Waals surface area (Å²) in [6.45, 7) is 6.57. The molecule has 0 spiro atoms. The molecule has 2 N–H and O–H groups in total. The van der Waals surface area contributed by atoms with Crippen LogP contribution in [0, 0.1) is 0 Å². The number of thiazole rings is 1. The van der Waals surface area contributed by atoms with Crippen molar-refractivity contribution in [2.75, 3.05) is 4.90 Å². The zero-order valence-electron chi connectivity index (χ0n) is 10.3. The summed E-state index contributed by atoms with van der Waals surface area (Å²) >= 11 is 1.75. The fraction of sp³-hybridized carbons (Fsp3) is 0.750. The van der Waals surface area contributed by atoms with Crippen molar-refractivity contribution in [3.8, 4) is 0 Å². The van der Waals surface area contributed by atoms with Crippen molar-refractivity contribution in [1.29, 1.82) is 0 Å². The fourth-order valence-corrected chi connectivity index (χ4v) is 3.47. The number of hydrogen-bond donors (Lipinski definition) is 1. The Hall–Kier alpha value is -0.610. The second-order valence-corrected chi connectivity index (χ2v) is 5.77. The van der Waals surface area contributed by atoms with Gasteiger partial charge in [0.25, 0.3) is 0 Å². The van der Waals surface area contributed by atoms with E-state index < -0.39 is 0 Å². The average molecular weight is 239 g/mol. The van der Waals surface area contributed by atoms with Crippen LogP contribution >= 0.6 is 11.3 Å². The summed E-state index contributed by atoms with van der Waals surface area (Å²) in [7, 11) is 0. The number of aromatic nitrogens is 1. The lowest BCUT2D eigenvalue weighted by Crippen LogP contribution is -2.33. The second kappa shape index (κ2) is 4.72. The van der Waals surface area contributed by atoms with Gasteiger partial charge in [-0.15, -0.1) is 11.3 Å². The summed E-state index contributed by atoms with van der Waals surface area (Å²) in [5.74, 6) is 0. The van der Waals surface area contributed by atoms with Gasteiger partial charge in [0, 0.05) is 29.2 Å². The molecule has 2 rings (SSSR count). The van der Waals surface area contributed by atoms with Crippen molar-refractivity contribution in [2.45, 2.75) is 58.2 Å². The first kappa shape index (κ1) is 11.9. The molecule has 0 aromatic carbocycles. The molecule has 16 heavy (non-hydrogen) atoms. The van der Waals surface area contributed by atoms with Crippen LogP contribution in [0.25, 0.3) is 0 Å². The van der Waals surface area contributed by atoms with Gasteiger partial charge in [0.2, 0.25) is 0 Å². The minimum Gasteiger partial charge on any atom is -0.342 e. The van der Waals surface area contributed by atoms with Gasteiger partial charge in [0.15, 0.2) is 5.13 Å². The number of nitrogens with zero attached hydrogens (tertiary/aromatic N) is 2. The molecule has 0 aliphatic carbocycles. The second-order valence-electron chi connectivity index (χ2n) is 4.73. The normalized spacial score (nSPS) is 27.4. The third-order valence-corrected chi connectivity index (χ3v) is 4.65. The molecule has 1 aromatic heterocycles. The van der Waals surface area contributed by atoms with Gasteiger partial charge >= 0.3 is 0 Å². The molecule has 1 aliphatic rings. The van der Waals surface area contributed by atoms with Crippen molar-refractivity contribution in [1.82, 2.24) is 4.98 Å². The van der Waals surface area contributed by atoms with Crippen molar-refractivity contribution in [2.24, 2.45) is 5.73 Å². The molecular weight excluding hydrogens is 218 g/mol. The highest BCUT2D eigenvalue weighted by atomic mass is 32.1. The Morgan fingerprint density at radius 2 is 2.38 bits per heavy atom. The van der Waals surface area contributed by atoms with Crippen molar-refractivity contribution in [3.05, 3.63) is 11.1 Å². The maximum Gasteiger partial charge on any atom is 0.186 e. The summed E-state index contributed by atoms with van der Waals surface area (Å²) in [5.41, 5.74) is 5.88. The van der Waals surface area contributed by atoms with Gasteiger partial charge in [-0.25, -0.2) is 4.98 Å². The third kappa shape index (κ3) is 2.09. The highest BCUT2D eigenvalue weighted by Gasteiger charge is 2.31. The lowest BCUT2D eigenvalue weighted by atomic mass is 10.2. The summed E-state index contributed by atoms with van der Waals surface area (Å²) < 4.78 is 0. The average Bonchev–Trinajstić information content (AvgIpc) is 2.83. The summed E-state index contributed by atoms with van der Waals surface area (Å²) in [6, 6.07) is 1.39. The number of nitrogens with two attached hydrogens (primary N) is 1. The van der Waals surface area contributed by atoms with E-state index >= 15 is 0 Å². The van der Waals surface area contributed by atoms with Crippen LogP contribution in [-0.4, -0.2) is 17.1 Å². The molecule has 1 fully saturated rings. The van der Waals surface area contributed by atoms with E-state index in [4.69, 9.17) is 5.73 Å². The van der Waals surface area contributed by atoms with E-state index in [9.17, 15) is 0 Å². The van der Waals surface area contributed by atoms with E-state index in [1.165, 1.54) is 24.1 Å².